The molecule has 0 aliphatic heterocycles. The zero-order chi connectivity index (χ0) is 16.1. The maximum absolute atomic E-state index is 4.45. The second kappa shape index (κ2) is 6.87. The van der Waals surface area contributed by atoms with Gasteiger partial charge in [0.1, 0.15) is 0 Å². The first-order valence-electron chi connectivity index (χ1n) is 7.52. The third-order valence-electron chi connectivity index (χ3n) is 3.54. The number of benzene rings is 2. The third-order valence-corrected chi connectivity index (χ3v) is 3.54. The maximum Gasteiger partial charge on any atom is 0.244 e. The van der Waals surface area contributed by atoms with E-state index in [4.69, 9.17) is 0 Å². The number of nitrogens with one attached hydrogen (secondary N) is 2. The second-order valence-electron chi connectivity index (χ2n) is 5.44. The summed E-state index contributed by atoms with van der Waals surface area (Å²) in [6.07, 6.45) is 1.61. The molecule has 0 aliphatic rings. The Hall–Kier alpha value is -2.95. The molecular weight excluding hydrogens is 286 g/mol. The quantitative estimate of drug-likeness (QED) is 0.750. The lowest BCUT2D eigenvalue weighted by Gasteiger charge is -2.09. The predicted molar refractivity (Wildman–Crippen MR) is 92.8 cm³/mol. The maximum atomic E-state index is 4.45. The number of para-hydroxylation sites is 1. The molecular formula is C18H19N5. The summed E-state index contributed by atoms with van der Waals surface area (Å²) < 4.78 is 0. The highest BCUT2D eigenvalue weighted by molar-refractivity contribution is 5.60. The summed E-state index contributed by atoms with van der Waals surface area (Å²) in [6.45, 7) is 4.79. The zero-order valence-electron chi connectivity index (χ0n) is 13.2. The Labute approximate surface area is 135 Å². The van der Waals surface area contributed by atoms with Gasteiger partial charge in [-0.2, -0.15) is 10.1 Å². The van der Waals surface area contributed by atoms with Crippen LogP contribution in [0, 0.1) is 13.8 Å². The van der Waals surface area contributed by atoms with Crippen molar-refractivity contribution in [3.05, 3.63) is 71.4 Å². The van der Waals surface area contributed by atoms with Crippen molar-refractivity contribution in [2.45, 2.75) is 20.4 Å². The number of hydrogen-bond donors (Lipinski definition) is 2. The Balaban J connectivity index is 1.67. The van der Waals surface area contributed by atoms with Crippen molar-refractivity contribution in [1.29, 1.82) is 0 Å². The highest BCUT2D eigenvalue weighted by Gasteiger charge is 2.03. The van der Waals surface area contributed by atoms with Gasteiger partial charge in [0.25, 0.3) is 0 Å². The van der Waals surface area contributed by atoms with E-state index in [1.807, 2.05) is 31.2 Å². The van der Waals surface area contributed by atoms with E-state index in [2.05, 4.69) is 57.0 Å². The molecule has 23 heavy (non-hydrogen) atoms. The summed E-state index contributed by atoms with van der Waals surface area (Å²) in [5.74, 6) is 1.17. The van der Waals surface area contributed by atoms with Crippen LogP contribution in [0.1, 0.15) is 16.7 Å². The molecule has 0 saturated heterocycles. The second-order valence-corrected chi connectivity index (χ2v) is 5.44. The summed E-state index contributed by atoms with van der Waals surface area (Å²) in [4.78, 5) is 4.45. The van der Waals surface area contributed by atoms with E-state index in [-0.39, 0.29) is 0 Å². The molecule has 1 aromatic heterocycles. The Kier molecular flexibility index (Phi) is 4.47. The van der Waals surface area contributed by atoms with Crippen molar-refractivity contribution in [2.75, 3.05) is 10.6 Å². The molecule has 3 aromatic rings. The normalized spacial score (nSPS) is 10.3. The van der Waals surface area contributed by atoms with E-state index in [1.54, 1.807) is 6.20 Å². The fraction of sp³-hybridized carbons (Fsp3) is 0.167. The van der Waals surface area contributed by atoms with Crippen LogP contribution in [-0.2, 0) is 6.54 Å². The van der Waals surface area contributed by atoms with Crippen LogP contribution in [0.25, 0.3) is 0 Å². The van der Waals surface area contributed by atoms with Crippen molar-refractivity contribution in [3.8, 4) is 0 Å². The number of hydrogen-bond acceptors (Lipinski definition) is 5. The van der Waals surface area contributed by atoms with Crippen molar-refractivity contribution in [3.63, 3.8) is 0 Å². The van der Waals surface area contributed by atoms with Crippen molar-refractivity contribution < 1.29 is 0 Å². The molecule has 5 nitrogen and oxygen atoms in total. The Morgan fingerprint density at radius 1 is 0.957 bits per heavy atom. The van der Waals surface area contributed by atoms with Gasteiger partial charge in [0, 0.05) is 12.2 Å². The molecule has 2 N–H and O–H groups in total. The number of aromatic nitrogens is 3. The van der Waals surface area contributed by atoms with Crippen LogP contribution in [-0.4, -0.2) is 15.2 Å². The van der Waals surface area contributed by atoms with Gasteiger partial charge in [0.2, 0.25) is 5.95 Å². The largest absolute Gasteiger partial charge is 0.349 e. The minimum atomic E-state index is 0.504. The third kappa shape index (κ3) is 4.03. The molecule has 5 heteroatoms. The molecule has 0 unspecified atom stereocenters. The van der Waals surface area contributed by atoms with Crippen LogP contribution in [0.2, 0.25) is 0 Å². The molecule has 116 valence electrons. The molecule has 0 saturated carbocycles. The van der Waals surface area contributed by atoms with Crippen LogP contribution < -0.4 is 10.6 Å². The SMILES string of the molecule is Cc1ccc(CNc2nncc(Nc3ccccc3C)n2)cc1. The van der Waals surface area contributed by atoms with E-state index >= 15 is 0 Å². The minimum Gasteiger partial charge on any atom is -0.349 e. The van der Waals surface area contributed by atoms with Crippen LogP contribution in [0.5, 0.6) is 0 Å². The lowest BCUT2D eigenvalue weighted by atomic mass is 10.1. The zero-order valence-corrected chi connectivity index (χ0v) is 13.2. The molecule has 1 heterocycles. The fourth-order valence-corrected chi connectivity index (χ4v) is 2.18. The smallest absolute Gasteiger partial charge is 0.244 e. The first-order chi connectivity index (χ1) is 11.2. The fourth-order valence-electron chi connectivity index (χ4n) is 2.18. The summed E-state index contributed by atoms with van der Waals surface area (Å²) in [7, 11) is 0. The van der Waals surface area contributed by atoms with Crippen LogP contribution in [0.4, 0.5) is 17.5 Å². The monoisotopic (exact) mass is 305 g/mol. The minimum absolute atomic E-state index is 0.504. The summed E-state index contributed by atoms with van der Waals surface area (Å²) in [5, 5.41) is 14.5. The van der Waals surface area contributed by atoms with Gasteiger partial charge in [-0.05, 0) is 31.0 Å². The Morgan fingerprint density at radius 3 is 2.52 bits per heavy atom. The van der Waals surface area contributed by atoms with Crippen molar-refractivity contribution in [1.82, 2.24) is 15.2 Å². The average Bonchev–Trinajstić information content (AvgIpc) is 2.57. The van der Waals surface area contributed by atoms with E-state index < -0.39 is 0 Å². The molecule has 0 amide bonds. The predicted octanol–water partition coefficient (Wildman–Crippen LogP) is 3.84. The van der Waals surface area contributed by atoms with E-state index in [9.17, 15) is 0 Å². The topological polar surface area (TPSA) is 62.7 Å². The Morgan fingerprint density at radius 2 is 1.74 bits per heavy atom. The van der Waals surface area contributed by atoms with E-state index in [1.165, 1.54) is 11.1 Å². The number of aryl methyl sites for hydroxylation is 2. The number of anilines is 3. The van der Waals surface area contributed by atoms with Crippen molar-refractivity contribution >= 4 is 17.5 Å². The van der Waals surface area contributed by atoms with Crippen LogP contribution in [0.15, 0.2) is 54.7 Å². The van der Waals surface area contributed by atoms with Gasteiger partial charge in [-0.25, -0.2) is 0 Å². The van der Waals surface area contributed by atoms with Crippen LogP contribution >= 0.6 is 0 Å². The molecule has 0 bridgehead atoms. The lowest BCUT2D eigenvalue weighted by molar-refractivity contribution is 0.948. The van der Waals surface area contributed by atoms with E-state index in [0.29, 0.717) is 18.3 Å². The highest BCUT2D eigenvalue weighted by atomic mass is 15.3. The molecule has 0 spiro atoms. The van der Waals surface area contributed by atoms with Gasteiger partial charge < -0.3 is 10.6 Å². The van der Waals surface area contributed by atoms with Gasteiger partial charge in [-0.1, -0.05) is 48.0 Å². The van der Waals surface area contributed by atoms with Gasteiger partial charge in [-0.3, -0.25) is 0 Å². The standard InChI is InChI=1S/C18H19N5/c1-13-7-9-15(10-8-13)11-19-18-22-17(12-20-23-18)21-16-6-4-3-5-14(16)2/h3-10,12H,11H2,1-2H3,(H2,19,21,22,23). The summed E-state index contributed by atoms with van der Waals surface area (Å²) >= 11 is 0. The molecule has 3 rings (SSSR count). The molecule has 2 aromatic carbocycles. The summed E-state index contributed by atoms with van der Waals surface area (Å²) in [5.41, 5.74) is 4.59. The average molecular weight is 305 g/mol. The van der Waals surface area contributed by atoms with Crippen LogP contribution in [0.3, 0.4) is 0 Å². The van der Waals surface area contributed by atoms with E-state index in [0.717, 1.165) is 11.3 Å². The van der Waals surface area contributed by atoms with Gasteiger partial charge in [-0.15, -0.1) is 5.10 Å². The number of rotatable bonds is 5. The first kappa shape index (κ1) is 15.0. The first-order valence-corrected chi connectivity index (χ1v) is 7.52. The summed E-state index contributed by atoms with van der Waals surface area (Å²) in [6, 6.07) is 16.4. The molecule has 0 aliphatic carbocycles. The number of nitrogens with zero attached hydrogens (tertiary/aromatic N) is 3. The lowest BCUT2D eigenvalue weighted by Crippen LogP contribution is -2.06. The molecule has 0 atom stereocenters. The van der Waals surface area contributed by atoms with Gasteiger partial charge in [0.15, 0.2) is 5.82 Å². The highest BCUT2D eigenvalue weighted by Crippen LogP contribution is 2.18. The molecule has 0 fully saturated rings. The van der Waals surface area contributed by atoms with Gasteiger partial charge in [0.05, 0.1) is 6.20 Å². The molecule has 0 radical (unpaired) electrons. The Bertz CT molecular complexity index is 783. The van der Waals surface area contributed by atoms with Gasteiger partial charge >= 0.3 is 0 Å². The van der Waals surface area contributed by atoms with Crippen molar-refractivity contribution in [2.24, 2.45) is 0 Å².